The second-order valence-electron chi connectivity index (χ2n) is 3.79. The minimum Gasteiger partial charge on any atom is -0.372 e. The van der Waals surface area contributed by atoms with Crippen molar-refractivity contribution in [2.24, 2.45) is 0 Å². The van der Waals surface area contributed by atoms with Crippen LogP contribution in [0.25, 0.3) is 0 Å². The van der Waals surface area contributed by atoms with Crippen LogP contribution in [0.5, 0.6) is 0 Å². The molecule has 4 heteroatoms. The predicted octanol–water partition coefficient (Wildman–Crippen LogP) is 2.81. The Morgan fingerprint density at radius 2 is 2.07 bits per heavy atom. The minimum atomic E-state index is -2.36. The number of hydrogen-bond donors (Lipinski definition) is 0. The molecule has 1 aromatic carbocycles. The fourth-order valence-electron chi connectivity index (χ4n) is 2.12. The molecule has 1 fully saturated rings. The van der Waals surface area contributed by atoms with E-state index in [1.807, 2.05) is 30.3 Å². The topological polar surface area (TPSA) is 26.3 Å². The van der Waals surface area contributed by atoms with E-state index in [-0.39, 0.29) is 10.7 Å². The van der Waals surface area contributed by atoms with E-state index in [1.54, 1.807) is 7.11 Å². The third kappa shape index (κ3) is 1.93. The van der Waals surface area contributed by atoms with Gasteiger partial charge >= 0.3 is 0 Å². The highest BCUT2D eigenvalue weighted by atomic mass is 79.9. The molecule has 0 N–H and O–H groups in total. The van der Waals surface area contributed by atoms with Crippen LogP contribution < -0.4 is 5.30 Å². The number of benzene rings is 1. The second kappa shape index (κ2) is 4.40. The molecule has 0 bridgehead atoms. The second-order valence-corrected chi connectivity index (χ2v) is 8.03. The largest absolute Gasteiger partial charge is 0.372 e. The number of methoxy groups -OCH3 is 1. The van der Waals surface area contributed by atoms with Crippen LogP contribution in [0.15, 0.2) is 30.3 Å². The van der Waals surface area contributed by atoms with Crippen LogP contribution in [-0.4, -0.2) is 23.9 Å². The summed E-state index contributed by atoms with van der Waals surface area (Å²) in [5.74, 6) is -0.167. The van der Waals surface area contributed by atoms with Gasteiger partial charge in [0.05, 0.1) is 0 Å². The lowest BCUT2D eigenvalue weighted by molar-refractivity contribution is 0.168. The van der Waals surface area contributed by atoms with Crippen LogP contribution in [-0.2, 0) is 9.30 Å². The molecule has 1 heterocycles. The van der Waals surface area contributed by atoms with Crippen LogP contribution >= 0.6 is 23.1 Å². The molecule has 3 atom stereocenters. The summed E-state index contributed by atoms with van der Waals surface area (Å²) in [5.41, 5.74) is 0. The Labute approximate surface area is 98.5 Å². The summed E-state index contributed by atoms with van der Waals surface area (Å²) in [6, 6.07) is 9.70. The molecule has 1 aromatic rings. The Hall–Kier alpha value is -0.110. The molecule has 0 aliphatic carbocycles. The number of halogens is 1. The van der Waals surface area contributed by atoms with E-state index in [0.29, 0.717) is 0 Å². The maximum absolute atomic E-state index is 12.8. The maximum Gasteiger partial charge on any atom is 0.144 e. The van der Waals surface area contributed by atoms with Gasteiger partial charge in [-0.05, 0) is 6.42 Å². The van der Waals surface area contributed by atoms with Gasteiger partial charge in [0.25, 0.3) is 0 Å². The Morgan fingerprint density at radius 1 is 1.40 bits per heavy atom. The average molecular weight is 289 g/mol. The van der Waals surface area contributed by atoms with Crippen LogP contribution in [0, 0.1) is 0 Å². The molecule has 15 heavy (non-hydrogen) atoms. The summed E-state index contributed by atoms with van der Waals surface area (Å²) in [6.45, 7) is 0. The first kappa shape index (κ1) is 11.4. The normalized spacial score (nSPS) is 35.6. The lowest BCUT2D eigenvalue weighted by Crippen LogP contribution is -2.21. The Balaban J connectivity index is 2.39. The molecule has 1 aliphatic rings. The first-order chi connectivity index (χ1) is 7.18. The van der Waals surface area contributed by atoms with Gasteiger partial charge in [0.15, 0.2) is 0 Å². The van der Waals surface area contributed by atoms with Crippen LogP contribution in [0.2, 0.25) is 0 Å². The van der Waals surface area contributed by atoms with Gasteiger partial charge in [0, 0.05) is 23.4 Å². The molecule has 0 radical (unpaired) electrons. The van der Waals surface area contributed by atoms with Gasteiger partial charge in [-0.2, -0.15) is 0 Å². The zero-order valence-electron chi connectivity index (χ0n) is 8.60. The zero-order valence-corrected chi connectivity index (χ0v) is 11.1. The van der Waals surface area contributed by atoms with Crippen molar-refractivity contribution in [2.45, 2.75) is 17.1 Å². The molecule has 0 spiro atoms. The number of ether oxygens (including phenoxy) is 1. The molecule has 2 rings (SSSR count). The Morgan fingerprint density at radius 3 is 2.67 bits per heavy atom. The maximum atomic E-state index is 12.8. The van der Waals surface area contributed by atoms with Crippen molar-refractivity contribution >= 4 is 28.4 Å². The Bertz CT molecular complexity index is 379. The molecule has 1 aliphatic heterocycles. The van der Waals surface area contributed by atoms with Crippen LogP contribution in [0.4, 0.5) is 0 Å². The lowest BCUT2D eigenvalue weighted by atomic mass is 10.4. The third-order valence-corrected chi connectivity index (χ3v) is 7.73. The van der Waals surface area contributed by atoms with E-state index in [1.165, 1.54) is 0 Å². The van der Waals surface area contributed by atoms with Crippen molar-refractivity contribution < 1.29 is 9.30 Å². The monoisotopic (exact) mass is 288 g/mol. The van der Waals surface area contributed by atoms with Gasteiger partial charge in [-0.1, -0.05) is 46.3 Å². The first-order valence-electron chi connectivity index (χ1n) is 5.00. The Kier molecular flexibility index (Phi) is 3.34. The van der Waals surface area contributed by atoms with Crippen LogP contribution in [0.1, 0.15) is 6.42 Å². The summed E-state index contributed by atoms with van der Waals surface area (Å²) in [5, 5.41) is 0.943. The molecule has 0 saturated carbocycles. The van der Waals surface area contributed by atoms with Crippen molar-refractivity contribution in [1.82, 2.24) is 0 Å². The quantitative estimate of drug-likeness (QED) is 0.618. The first-order valence-corrected chi connectivity index (χ1v) is 7.87. The van der Waals surface area contributed by atoms with Crippen molar-refractivity contribution in [3.8, 4) is 0 Å². The van der Waals surface area contributed by atoms with E-state index >= 15 is 0 Å². The van der Waals surface area contributed by atoms with E-state index in [4.69, 9.17) is 4.74 Å². The molecule has 0 unspecified atom stereocenters. The zero-order chi connectivity index (χ0) is 10.9. The molecule has 0 amide bonds. The van der Waals surface area contributed by atoms with E-state index in [9.17, 15) is 4.57 Å². The molecular formula is C11H14BrO2P. The predicted molar refractivity (Wildman–Crippen MR) is 66.7 cm³/mol. The third-order valence-electron chi connectivity index (χ3n) is 2.89. The van der Waals surface area contributed by atoms with Gasteiger partial charge in [0.1, 0.15) is 13.0 Å². The fraction of sp³-hybridized carbons (Fsp3) is 0.455. The molecule has 82 valence electrons. The number of alkyl halides is 1. The van der Waals surface area contributed by atoms with Gasteiger partial charge in [-0.25, -0.2) is 0 Å². The smallest absolute Gasteiger partial charge is 0.144 e. The highest BCUT2D eigenvalue weighted by Crippen LogP contribution is 2.58. The molecule has 2 nitrogen and oxygen atoms in total. The van der Waals surface area contributed by atoms with Crippen molar-refractivity contribution in [3.05, 3.63) is 30.3 Å². The van der Waals surface area contributed by atoms with E-state index in [2.05, 4.69) is 15.9 Å². The van der Waals surface area contributed by atoms with Crippen LogP contribution in [0.3, 0.4) is 0 Å². The minimum absolute atomic E-state index is 0.167. The summed E-state index contributed by atoms with van der Waals surface area (Å²) in [4.78, 5) is 0.216. The molecule has 0 aromatic heterocycles. The van der Waals surface area contributed by atoms with Crippen molar-refractivity contribution in [3.63, 3.8) is 0 Å². The lowest BCUT2D eigenvalue weighted by Gasteiger charge is -2.21. The number of rotatable bonds is 2. The average Bonchev–Trinajstić information content (AvgIpc) is 2.57. The van der Waals surface area contributed by atoms with Gasteiger partial charge < -0.3 is 9.30 Å². The highest BCUT2D eigenvalue weighted by molar-refractivity contribution is 9.09. The SMILES string of the molecule is CO[C@@H]1[C@@H](Br)CC[P@@]1(=O)c1ccccc1. The van der Waals surface area contributed by atoms with E-state index < -0.39 is 7.14 Å². The fourth-order valence-corrected chi connectivity index (χ4v) is 7.22. The summed E-state index contributed by atoms with van der Waals surface area (Å²) in [7, 11) is -0.719. The van der Waals surface area contributed by atoms with Crippen molar-refractivity contribution in [2.75, 3.05) is 13.3 Å². The summed E-state index contributed by atoms with van der Waals surface area (Å²) < 4.78 is 18.2. The molecular weight excluding hydrogens is 275 g/mol. The van der Waals surface area contributed by atoms with Gasteiger partial charge in [0.2, 0.25) is 0 Å². The van der Waals surface area contributed by atoms with Crippen molar-refractivity contribution in [1.29, 1.82) is 0 Å². The summed E-state index contributed by atoms with van der Waals surface area (Å²) in [6.07, 6.45) is 1.66. The number of hydrogen-bond acceptors (Lipinski definition) is 2. The van der Waals surface area contributed by atoms with Gasteiger partial charge in [-0.3, -0.25) is 0 Å². The molecule has 1 saturated heterocycles. The van der Waals surface area contributed by atoms with E-state index in [0.717, 1.165) is 17.9 Å². The summed E-state index contributed by atoms with van der Waals surface area (Å²) >= 11 is 3.54. The van der Waals surface area contributed by atoms with Gasteiger partial charge in [-0.15, -0.1) is 0 Å². The highest BCUT2D eigenvalue weighted by Gasteiger charge is 2.45. The standard InChI is InChI=1S/C11H14BrO2P/c1-14-11-10(12)7-8-15(11,13)9-5-3-2-4-6-9/h2-6,10-11H,7-8H2,1H3/t10-,11-,15+/m0/s1.